The summed E-state index contributed by atoms with van der Waals surface area (Å²) in [6.45, 7) is 5.73. The maximum atomic E-state index is 12.5. The van der Waals surface area contributed by atoms with Gasteiger partial charge in [0, 0.05) is 39.3 Å². The summed E-state index contributed by atoms with van der Waals surface area (Å²) in [5.41, 5.74) is 2.11. The molecule has 1 fully saturated rings. The van der Waals surface area contributed by atoms with Crippen molar-refractivity contribution >= 4 is 17.6 Å². The highest BCUT2D eigenvalue weighted by molar-refractivity contribution is 5.84. The molecule has 0 radical (unpaired) electrons. The molecular weight excluding hydrogens is 380 g/mol. The SMILES string of the molecule is CCN(Cc1ccccc1)C(=O)CNC(=O)N1CCN(c2ccccc2OC)CC1. The first-order valence-electron chi connectivity index (χ1n) is 10.3. The third-order valence-electron chi connectivity index (χ3n) is 5.33. The number of hydrogen-bond donors (Lipinski definition) is 1. The van der Waals surface area contributed by atoms with Gasteiger partial charge in [0.15, 0.2) is 0 Å². The number of anilines is 1. The van der Waals surface area contributed by atoms with Gasteiger partial charge in [0.2, 0.25) is 5.91 Å². The number of nitrogens with one attached hydrogen (secondary N) is 1. The Morgan fingerprint density at radius 1 is 1.00 bits per heavy atom. The monoisotopic (exact) mass is 410 g/mol. The van der Waals surface area contributed by atoms with E-state index in [-0.39, 0.29) is 18.5 Å². The van der Waals surface area contributed by atoms with E-state index in [4.69, 9.17) is 4.74 Å². The van der Waals surface area contributed by atoms with Gasteiger partial charge in [-0.2, -0.15) is 0 Å². The lowest BCUT2D eigenvalue weighted by Crippen LogP contribution is -2.53. The highest BCUT2D eigenvalue weighted by Gasteiger charge is 2.23. The highest BCUT2D eigenvalue weighted by Crippen LogP contribution is 2.28. The standard InChI is InChI=1S/C23H30N4O3/c1-3-25(18-19-9-5-4-6-10-19)22(28)17-24-23(29)27-15-13-26(14-16-27)20-11-7-8-12-21(20)30-2/h4-12H,3,13-18H2,1-2H3,(H,24,29). The molecule has 0 bridgehead atoms. The van der Waals surface area contributed by atoms with Crippen molar-refractivity contribution in [3.8, 4) is 5.75 Å². The zero-order chi connectivity index (χ0) is 21.3. The molecule has 0 unspecified atom stereocenters. The molecule has 0 atom stereocenters. The molecular formula is C23H30N4O3. The molecule has 2 aromatic carbocycles. The number of carbonyl (C=O) groups is 2. The van der Waals surface area contributed by atoms with Gasteiger partial charge in [0.25, 0.3) is 0 Å². The number of likely N-dealkylation sites (N-methyl/N-ethyl adjacent to an activating group) is 1. The Morgan fingerprint density at radius 2 is 1.67 bits per heavy atom. The molecule has 7 heteroatoms. The molecule has 0 aliphatic carbocycles. The van der Waals surface area contributed by atoms with Gasteiger partial charge in [-0.15, -0.1) is 0 Å². The van der Waals surface area contributed by atoms with Crippen molar-refractivity contribution in [3.63, 3.8) is 0 Å². The molecule has 3 rings (SSSR count). The van der Waals surface area contributed by atoms with Crippen LogP contribution in [0.1, 0.15) is 12.5 Å². The summed E-state index contributed by atoms with van der Waals surface area (Å²) in [4.78, 5) is 30.8. The Kier molecular flexibility index (Phi) is 7.54. The average Bonchev–Trinajstić information content (AvgIpc) is 2.81. The Bertz CT molecular complexity index is 835. The van der Waals surface area contributed by atoms with Crippen molar-refractivity contribution in [2.75, 3.05) is 51.3 Å². The predicted octanol–water partition coefficient (Wildman–Crippen LogP) is 2.58. The van der Waals surface area contributed by atoms with E-state index in [1.54, 1.807) is 16.9 Å². The van der Waals surface area contributed by atoms with Crippen LogP contribution in [0.5, 0.6) is 5.75 Å². The Balaban J connectivity index is 1.47. The number of hydrogen-bond acceptors (Lipinski definition) is 4. The van der Waals surface area contributed by atoms with E-state index in [9.17, 15) is 9.59 Å². The van der Waals surface area contributed by atoms with E-state index in [0.717, 1.165) is 30.1 Å². The molecule has 1 saturated heterocycles. The van der Waals surface area contributed by atoms with Crippen LogP contribution >= 0.6 is 0 Å². The van der Waals surface area contributed by atoms with Crippen LogP contribution in [0.2, 0.25) is 0 Å². The molecule has 3 amide bonds. The van der Waals surface area contributed by atoms with Gasteiger partial charge in [0.05, 0.1) is 19.3 Å². The van der Waals surface area contributed by atoms with E-state index in [1.165, 1.54) is 0 Å². The first kappa shape index (κ1) is 21.5. The van der Waals surface area contributed by atoms with Crippen LogP contribution in [0.15, 0.2) is 54.6 Å². The predicted molar refractivity (Wildman–Crippen MR) is 118 cm³/mol. The number of nitrogens with zero attached hydrogens (tertiary/aromatic N) is 3. The van der Waals surface area contributed by atoms with Gasteiger partial charge in [-0.1, -0.05) is 42.5 Å². The molecule has 1 heterocycles. The van der Waals surface area contributed by atoms with Crippen molar-refractivity contribution in [2.24, 2.45) is 0 Å². The lowest BCUT2D eigenvalue weighted by molar-refractivity contribution is -0.130. The number of benzene rings is 2. The Morgan fingerprint density at radius 3 is 2.33 bits per heavy atom. The largest absolute Gasteiger partial charge is 0.495 e. The van der Waals surface area contributed by atoms with Gasteiger partial charge in [-0.05, 0) is 24.6 Å². The lowest BCUT2D eigenvalue weighted by Gasteiger charge is -2.36. The van der Waals surface area contributed by atoms with Crippen LogP contribution in [-0.4, -0.2) is 68.1 Å². The van der Waals surface area contributed by atoms with Crippen molar-refractivity contribution in [3.05, 3.63) is 60.2 Å². The molecule has 1 N–H and O–H groups in total. The van der Waals surface area contributed by atoms with Crippen LogP contribution in [0.3, 0.4) is 0 Å². The average molecular weight is 411 g/mol. The normalized spacial score (nSPS) is 13.7. The van der Waals surface area contributed by atoms with Gasteiger partial charge >= 0.3 is 6.03 Å². The molecule has 0 aromatic heterocycles. The molecule has 2 aromatic rings. The third-order valence-corrected chi connectivity index (χ3v) is 5.33. The smallest absolute Gasteiger partial charge is 0.317 e. The van der Waals surface area contributed by atoms with Gasteiger partial charge < -0.3 is 24.8 Å². The van der Waals surface area contributed by atoms with E-state index in [2.05, 4.69) is 10.2 Å². The second-order valence-electron chi connectivity index (χ2n) is 7.20. The van der Waals surface area contributed by atoms with Crippen LogP contribution in [0, 0.1) is 0 Å². The summed E-state index contributed by atoms with van der Waals surface area (Å²) in [5.74, 6) is 0.751. The number of amides is 3. The van der Waals surface area contributed by atoms with E-state index < -0.39 is 0 Å². The minimum atomic E-state index is -0.196. The van der Waals surface area contributed by atoms with Crippen LogP contribution in [-0.2, 0) is 11.3 Å². The molecule has 1 aliphatic heterocycles. The summed E-state index contributed by atoms with van der Waals surface area (Å²) in [7, 11) is 1.66. The maximum absolute atomic E-state index is 12.5. The van der Waals surface area contributed by atoms with Crippen LogP contribution in [0.4, 0.5) is 10.5 Å². The quantitative estimate of drug-likeness (QED) is 0.762. The highest BCUT2D eigenvalue weighted by atomic mass is 16.5. The third kappa shape index (κ3) is 5.43. The number of rotatable bonds is 7. The van der Waals surface area contributed by atoms with Crippen molar-refractivity contribution in [1.82, 2.24) is 15.1 Å². The molecule has 30 heavy (non-hydrogen) atoms. The first-order chi connectivity index (χ1) is 14.6. The Hall–Kier alpha value is -3.22. The fourth-order valence-electron chi connectivity index (χ4n) is 3.60. The van der Waals surface area contributed by atoms with Crippen LogP contribution < -0.4 is 15.0 Å². The molecule has 1 aliphatic rings. The van der Waals surface area contributed by atoms with Crippen molar-refractivity contribution < 1.29 is 14.3 Å². The van der Waals surface area contributed by atoms with Crippen molar-refractivity contribution in [2.45, 2.75) is 13.5 Å². The summed E-state index contributed by atoms with van der Waals surface area (Å²) < 4.78 is 5.44. The fraction of sp³-hybridized carbons (Fsp3) is 0.391. The topological polar surface area (TPSA) is 65.1 Å². The Labute approximate surface area is 178 Å². The fourth-order valence-corrected chi connectivity index (χ4v) is 3.60. The van der Waals surface area contributed by atoms with Gasteiger partial charge in [0.1, 0.15) is 5.75 Å². The minimum absolute atomic E-state index is 0.00618. The molecule has 0 saturated carbocycles. The summed E-state index contributed by atoms with van der Waals surface area (Å²) in [5, 5.41) is 2.78. The number of piperazine rings is 1. The number of carbonyl (C=O) groups excluding carboxylic acids is 2. The van der Waals surface area contributed by atoms with Gasteiger partial charge in [-0.3, -0.25) is 4.79 Å². The molecule has 160 valence electrons. The first-order valence-corrected chi connectivity index (χ1v) is 10.3. The molecule has 0 spiro atoms. The number of para-hydroxylation sites is 2. The van der Waals surface area contributed by atoms with E-state index in [0.29, 0.717) is 26.2 Å². The number of methoxy groups -OCH3 is 1. The second kappa shape index (κ2) is 10.5. The van der Waals surface area contributed by atoms with Crippen LogP contribution in [0.25, 0.3) is 0 Å². The second-order valence-corrected chi connectivity index (χ2v) is 7.20. The summed E-state index contributed by atoms with van der Waals surface area (Å²) in [6, 6.07) is 17.6. The lowest BCUT2D eigenvalue weighted by atomic mass is 10.2. The zero-order valence-corrected chi connectivity index (χ0v) is 17.7. The number of ether oxygens (including phenoxy) is 1. The maximum Gasteiger partial charge on any atom is 0.317 e. The zero-order valence-electron chi connectivity index (χ0n) is 17.7. The minimum Gasteiger partial charge on any atom is -0.495 e. The molecule has 7 nitrogen and oxygen atoms in total. The van der Waals surface area contributed by atoms with E-state index >= 15 is 0 Å². The van der Waals surface area contributed by atoms with E-state index in [1.807, 2.05) is 61.5 Å². The summed E-state index contributed by atoms with van der Waals surface area (Å²) >= 11 is 0. The summed E-state index contributed by atoms with van der Waals surface area (Å²) in [6.07, 6.45) is 0. The van der Waals surface area contributed by atoms with Crippen molar-refractivity contribution in [1.29, 1.82) is 0 Å². The number of urea groups is 1. The van der Waals surface area contributed by atoms with Gasteiger partial charge in [-0.25, -0.2) is 4.79 Å².